The Morgan fingerprint density at radius 1 is 1.50 bits per heavy atom. The number of nitrogens with one attached hydrogen (secondary N) is 1. The van der Waals surface area contributed by atoms with Gasteiger partial charge in [0.1, 0.15) is 0 Å². The monoisotopic (exact) mass is 338 g/mol. The van der Waals surface area contributed by atoms with Gasteiger partial charge in [0.05, 0.1) is 6.10 Å². The molecule has 0 aliphatic heterocycles. The van der Waals surface area contributed by atoms with Gasteiger partial charge in [0, 0.05) is 20.2 Å². The molecule has 1 fully saturated rings. The molecular formula is C9H15BrN4O3S. The lowest BCUT2D eigenvalue weighted by Crippen LogP contribution is -2.41. The number of halogens is 1. The van der Waals surface area contributed by atoms with E-state index in [1.165, 1.54) is 11.7 Å². The summed E-state index contributed by atoms with van der Waals surface area (Å²) in [7, 11) is -0.511. The lowest BCUT2D eigenvalue weighted by atomic mass is 10.2. The molecule has 1 N–H and O–H groups in total. The number of sulfonamides is 1. The van der Waals surface area contributed by atoms with Crippen LogP contribution < -0.4 is 4.72 Å². The minimum Gasteiger partial charge on any atom is -0.380 e. The summed E-state index contributed by atoms with van der Waals surface area (Å²) in [6.07, 6.45) is 2.53. The SMILES string of the molecule is COC1CCCC1NS(=O)(=O)c1c(Br)nnn1C. The highest BCUT2D eigenvalue weighted by Gasteiger charge is 2.33. The molecule has 1 saturated carbocycles. The van der Waals surface area contributed by atoms with Gasteiger partial charge in [-0.1, -0.05) is 5.21 Å². The summed E-state index contributed by atoms with van der Waals surface area (Å²) in [6.45, 7) is 0. The number of aromatic nitrogens is 3. The number of nitrogens with zero attached hydrogens (tertiary/aromatic N) is 3. The zero-order valence-electron chi connectivity index (χ0n) is 10.1. The van der Waals surface area contributed by atoms with Crippen LogP contribution in [0.1, 0.15) is 19.3 Å². The zero-order chi connectivity index (χ0) is 13.3. The minimum absolute atomic E-state index is 0.0317. The van der Waals surface area contributed by atoms with E-state index in [0.29, 0.717) is 0 Å². The Kier molecular flexibility index (Phi) is 4.05. The normalized spacial score (nSPS) is 24.6. The van der Waals surface area contributed by atoms with Crippen molar-refractivity contribution in [2.45, 2.75) is 36.4 Å². The van der Waals surface area contributed by atoms with Crippen molar-refractivity contribution < 1.29 is 13.2 Å². The highest BCUT2D eigenvalue weighted by molar-refractivity contribution is 9.10. The Hall–Kier alpha value is -0.510. The van der Waals surface area contributed by atoms with E-state index in [1.54, 1.807) is 7.11 Å². The Morgan fingerprint density at radius 3 is 2.78 bits per heavy atom. The van der Waals surface area contributed by atoms with E-state index < -0.39 is 10.0 Å². The molecule has 0 amide bonds. The first-order valence-electron chi connectivity index (χ1n) is 5.56. The van der Waals surface area contributed by atoms with Gasteiger partial charge in [-0.15, -0.1) is 5.10 Å². The second kappa shape index (κ2) is 5.24. The van der Waals surface area contributed by atoms with Crippen LogP contribution in [0.15, 0.2) is 9.63 Å². The van der Waals surface area contributed by atoms with Crippen LogP contribution in [0.5, 0.6) is 0 Å². The van der Waals surface area contributed by atoms with Crippen LogP contribution in [0.25, 0.3) is 0 Å². The van der Waals surface area contributed by atoms with E-state index >= 15 is 0 Å². The maximum Gasteiger partial charge on any atom is 0.260 e. The van der Waals surface area contributed by atoms with E-state index in [-0.39, 0.29) is 21.8 Å². The number of ether oxygens (including phenoxy) is 1. The van der Waals surface area contributed by atoms with Gasteiger partial charge in [-0.25, -0.2) is 17.8 Å². The topological polar surface area (TPSA) is 86.1 Å². The van der Waals surface area contributed by atoms with Crippen molar-refractivity contribution in [1.29, 1.82) is 0 Å². The van der Waals surface area contributed by atoms with Crippen molar-refractivity contribution in [1.82, 2.24) is 19.7 Å². The van der Waals surface area contributed by atoms with E-state index in [4.69, 9.17) is 4.74 Å². The minimum atomic E-state index is -3.64. The van der Waals surface area contributed by atoms with Gasteiger partial charge < -0.3 is 4.74 Å². The summed E-state index contributed by atoms with van der Waals surface area (Å²) in [6, 6.07) is -0.193. The summed E-state index contributed by atoms with van der Waals surface area (Å²) in [5.41, 5.74) is 0. The lowest BCUT2D eigenvalue weighted by Gasteiger charge is -2.19. The van der Waals surface area contributed by atoms with E-state index in [1.807, 2.05) is 0 Å². The highest BCUT2D eigenvalue weighted by atomic mass is 79.9. The highest BCUT2D eigenvalue weighted by Crippen LogP contribution is 2.25. The van der Waals surface area contributed by atoms with Gasteiger partial charge in [-0.3, -0.25) is 0 Å². The maximum absolute atomic E-state index is 12.3. The molecule has 18 heavy (non-hydrogen) atoms. The van der Waals surface area contributed by atoms with Crippen molar-refractivity contribution in [3.63, 3.8) is 0 Å². The van der Waals surface area contributed by atoms with Gasteiger partial charge in [-0.2, -0.15) is 0 Å². The smallest absolute Gasteiger partial charge is 0.260 e. The maximum atomic E-state index is 12.3. The molecule has 2 rings (SSSR count). The van der Waals surface area contributed by atoms with Crippen molar-refractivity contribution in [2.24, 2.45) is 7.05 Å². The molecule has 0 aromatic carbocycles. The van der Waals surface area contributed by atoms with Crippen LogP contribution in [-0.4, -0.2) is 42.7 Å². The lowest BCUT2D eigenvalue weighted by molar-refractivity contribution is 0.0916. The zero-order valence-corrected chi connectivity index (χ0v) is 12.5. The summed E-state index contributed by atoms with van der Waals surface area (Å²) >= 11 is 3.09. The van der Waals surface area contributed by atoms with Crippen LogP contribution in [0.4, 0.5) is 0 Å². The average molecular weight is 339 g/mol. The Labute approximate surface area is 114 Å². The molecule has 1 aromatic rings. The van der Waals surface area contributed by atoms with Gasteiger partial charge in [-0.05, 0) is 35.2 Å². The number of hydrogen-bond acceptors (Lipinski definition) is 5. The molecule has 2 atom stereocenters. The van der Waals surface area contributed by atoms with Crippen LogP contribution in [0, 0.1) is 0 Å². The number of hydrogen-bond donors (Lipinski definition) is 1. The summed E-state index contributed by atoms with van der Waals surface area (Å²) in [5.74, 6) is 0. The fourth-order valence-corrected chi connectivity index (χ4v) is 4.60. The van der Waals surface area contributed by atoms with Gasteiger partial charge >= 0.3 is 0 Å². The molecular weight excluding hydrogens is 324 g/mol. The first-order valence-corrected chi connectivity index (χ1v) is 7.83. The van der Waals surface area contributed by atoms with Gasteiger partial charge in [0.15, 0.2) is 4.60 Å². The van der Waals surface area contributed by atoms with E-state index in [2.05, 4.69) is 31.0 Å². The Morgan fingerprint density at radius 2 is 2.22 bits per heavy atom. The van der Waals surface area contributed by atoms with Crippen molar-refractivity contribution in [3.8, 4) is 0 Å². The average Bonchev–Trinajstić information content (AvgIpc) is 2.85. The molecule has 102 valence electrons. The van der Waals surface area contributed by atoms with E-state index in [0.717, 1.165) is 19.3 Å². The Balaban J connectivity index is 2.23. The quantitative estimate of drug-likeness (QED) is 0.859. The summed E-state index contributed by atoms with van der Waals surface area (Å²) in [5, 5.41) is 7.37. The molecule has 1 aromatic heterocycles. The van der Waals surface area contributed by atoms with Crippen LogP contribution in [-0.2, 0) is 21.8 Å². The third-order valence-corrected chi connectivity index (χ3v) is 5.43. The second-order valence-corrected chi connectivity index (χ2v) is 6.62. The van der Waals surface area contributed by atoms with Crippen LogP contribution in [0.3, 0.4) is 0 Å². The molecule has 1 heterocycles. The predicted octanol–water partition coefficient (Wildman–Crippen LogP) is 0.423. The third-order valence-electron chi connectivity index (χ3n) is 3.05. The predicted molar refractivity (Wildman–Crippen MR) is 67.5 cm³/mol. The van der Waals surface area contributed by atoms with Crippen LogP contribution >= 0.6 is 15.9 Å². The molecule has 0 radical (unpaired) electrons. The molecule has 0 saturated heterocycles. The molecule has 1 aliphatic carbocycles. The first kappa shape index (κ1) is 13.9. The van der Waals surface area contributed by atoms with E-state index in [9.17, 15) is 8.42 Å². The molecule has 0 spiro atoms. The summed E-state index contributed by atoms with van der Waals surface area (Å²) < 4.78 is 33.9. The number of aryl methyl sites for hydroxylation is 1. The van der Waals surface area contributed by atoms with Crippen molar-refractivity contribution in [3.05, 3.63) is 4.60 Å². The molecule has 2 unspecified atom stereocenters. The largest absolute Gasteiger partial charge is 0.380 e. The first-order chi connectivity index (χ1) is 8.45. The number of rotatable bonds is 4. The third kappa shape index (κ3) is 2.58. The van der Waals surface area contributed by atoms with Crippen molar-refractivity contribution >= 4 is 26.0 Å². The van der Waals surface area contributed by atoms with Crippen LogP contribution in [0.2, 0.25) is 0 Å². The molecule has 1 aliphatic rings. The number of methoxy groups -OCH3 is 1. The van der Waals surface area contributed by atoms with Gasteiger partial charge in [0.25, 0.3) is 10.0 Å². The summed E-state index contributed by atoms with van der Waals surface area (Å²) in [4.78, 5) is 0. The standard InChI is InChI=1S/C9H15BrN4O3S/c1-14-9(8(10)11-13-14)18(15,16)12-6-4-3-5-7(6)17-2/h6-7,12H,3-5H2,1-2H3. The fraction of sp³-hybridized carbons (Fsp3) is 0.778. The molecule has 0 bridgehead atoms. The second-order valence-electron chi connectivity index (χ2n) is 4.24. The molecule has 9 heteroatoms. The van der Waals surface area contributed by atoms with Gasteiger partial charge in [0.2, 0.25) is 5.03 Å². The Bertz CT molecular complexity index is 510. The molecule has 7 nitrogen and oxygen atoms in total. The fourth-order valence-electron chi connectivity index (χ4n) is 2.21. The van der Waals surface area contributed by atoms with Crippen molar-refractivity contribution in [2.75, 3.05) is 7.11 Å².